The van der Waals surface area contributed by atoms with Crippen molar-refractivity contribution in [3.8, 4) is 0 Å². The van der Waals surface area contributed by atoms with Crippen LogP contribution in [0.4, 0.5) is 0 Å². The third-order valence-corrected chi connectivity index (χ3v) is 3.48. The molecule has 0 bridgehead atoms. The van der Waals surface area contributed by atoms with E-state index in [0.29, 0.717) is 0 Å². The molecule has 0 aliphatic carbocycles. The summed E-state index contributed by atoms with van der Waals surface area (Å²) in [7, 11) is 0. The molecule has 0 atom stereocenters. The van der Waals surface area contributed by atoms with Crippen LogP contribution in [0.5, 0.6) is 0 Å². The van der Waals surface area contributed by atoms with Gasteiger partial charge in [0.2, 0.25) is 5.78 Å². The van der Waals surface area contributed by atoms with Gasteiger partial charge in [0.15, 0.2) is 0 Å². The highest BCUT2D eigenvalue weighted by molar-refractivity contribution is 7.13. The second kappa shape index (κ2) is 5.23. The number of hydrogen-bond acceptors (Lipinski definition) is 3. The largest absolute Gasteiger partial charge is 0.288 e. The summed E-state index contributed by atoms with van der Waals surface area (Å²) in [6.45, 7) is 4.05. The molecule has 2 aromatic rings. The Hall–Kier alpha value is -1.48. The summed E-state index contributed by atoms with van der Waals surface area (Å²) in [5.74, 6) is 0.0774. The third-order valence-electron chi connectivity index (χ3n) is 2.57. The highest BCUT2D eigenvalue weighted by Crippen LogP contribution is 2.17. The van der Waals surface area contributed by atoms with Crippen molar-refractivity contribution in [2.24, 2.45) is 0 Å². The molecule has 1 aromatic carbocycles. The van der Waals surface area contributed by atoms with Crippen molar-refractivity contribution in [2.45, 2.75) is 26.7 Å². The first-order valence-corrected chi connectivity index (χ1v) is 6.58. The van der Waals surface area contributed by atoms with Crippen LogP contribution in [0, 0.1) is 6.92 Å². The van der Waals surface area contributed by atoms with Gasteiger partial charge in [-0.25, -0.2) is 4.98 Å². The number of benzene rings is 1. The van der Waals surface area contributed by atoms with Gasteiger partial charge < -0.3 is 0 Å². The topological polar surface area (TPSA) is 30.0 Å². The van der Waals surface area contributed by atoms with E-state index in [2.05, 4.69) is 18.0 Å². The first kappa shape index (κ1) is 12.0. The zero-order valence-electron chi connectivity index (χ0n) is 10.1. The highest BCUT2D eigenvalue weighted by atomic mass is 32.1. The Labute approximate surface area is 105 Å². The van der Waals surface area contributed by atoms with Crippen LogP contribution in [0.1, 0.15) is 39.2 Å². The maximum Gasteiger partial charge on any atom is 0.204 e. The first-order valence-electron chi connectivity index (χ1n) is 5.76. The lowest BCUT2D eigenvalue weighted by Crippen LogP contribution is -1.99. The molecular formula is C14H15NOS. The summed E-state index contributed by atoms with van der Waals surface area (Å²) in [4.78, 5) is 17.0. The number of aryl methyl sites for hydroxylation is 2. The normalized spacial score (nSPS) is 10.5. The van der Waals surface area contributed by atoms with E-state index in [9.17, 15) is 4.79 Å². The monoisotopic (exact) mass is 245 g/mol. The zero-order valence-corrected chi connectivity index (χ0v) is 10.9. The van der Waals surface area contributed by atoms with Crippen LogP contribution in [0.3, 0.4) is 0 Å². The van der Waals surface area contributed by atoms with Crippen molar-refractivity contribution < 1.29 is 4.79 Å². The van der Waals surface area contributed by atoms with E-state index in [1.165, 1.54) is 16.9 Å². The second-order valence-corrected chi connectivity index (χ2v) is 5.26. The van der Waals surface area contributed by atoms with Crippen molar-refractivity contribution in [2.75, 3.05) is 0 Å². The molecule has 88 valence electrons. The summed E-state index contributed by atoms with van der Waals surface area (Å²) >= 11 is 1.45. The molecular weight excluding hydrogens is 230 g/mol. The summed E-state index contributed by atoms with van der Waals surface area (Å²) in [5, 5.41) is 0.929. The number of hydrogen-bond donors (Lipinski definition) is 0. The molecule has 0 radical (unpaired) electrons. The smallest absolute Gasteiger partial charge is 0.204 e. The van der Waals surface area contributed by atoms with Crippen molar-refractivity contribution in [3.05, 3.63) is 51.5 Å². The fraction of sp³-hybridized carbons (Fsp3) is 0.286. The van der Waals surface area contributed by atoms with Gasteiger partial charge in [0.1, 0.15) is 0 Å². The van der Waals surface area contributed by atoms with E-state index in [1.807, 2.05) is 25.1 Å². The number of aromatic nitrogens is 1. The maximum atomic E-state index is 12.2. The van der Waals surface area contributed by atoms with Crippen LogP contribution in [-0.4, -0.2) is 10.8 Å². The Kier molecular flexibility index (Phi) is 3.69. The van der Waals surface area contributed by atoms with E-state index in [-0.39, 0.29) is 5.78 Å². The lowest BCUT2D eigenvalue weighted by molar-refractivity contribution is 0.104. The lowest BCUT2D eigenvalue weighted by Gasteiger charge is -2.02. The third kappa shape index (κ3) is 2.80. The molecule has 0 unspecified atom stereocenters. The molecule has 17 heavy (non-hydrogen) atoms. The van der Waals surface area contributed by atoms with Gasteiger partial charge in [-0.2, -0.15) is 0 Å². The van der Waals surface area contributed by atoms with E-state index in [0.717, 1.165) is 28.3 Å². The van der Waals surface area contributed by atoms with Crippen molar-refractivity contribution in [3.63, 3.8) is 0 Å². The van der Waals surface area contributed by atoms with Crippen molar-refractivity contribution in [1.82, 2.24) is 4.98 Å². The number of nitrogens with zero attached hydrogens (tertiary/aromatic N) is 1. The average molecular weight is 245 g/mol. The van der Waals surface area contributed by atoms with Gasteiger partial charge in [-0.3, -0.25) is 4.79 Å². The number of rotatable bonds is 4. The number of thiazole rings is 1. The molecule has 0 saturated carbocycles. The van der Waals surface area contributed by atoms with Gasteiger partial charge in [0.25, 0.3) is 0 Å². The van der Waals surface area contributed by atoms with Gasteiger partial charge >= 0.3 is 0 Å². The molecule has 1 heterocycles. The summed E-state index contributed by atoms with van der Waals surface area (Å²) in [5.41, 5.74) is 1.99. The van der Waals surface area contributed by atoms with Crippen LogP contribution in [-0.2, 0) is 6.42 Å². The van der Waals surface area contributed by atoms with Crippen LogP contribution < -0.4 is 0 Å². The molecule has 0 aliphatic heterocycles. The molecule has 0 fully saturated rings. The summed E-state index contributed by atoms with van der Waals surface area (Å²) in [6, 6.07) is 7.88. The van der Waals surface area contributed by atoms with E-state index >= 15 is 0 Å². The molecule has 2 nitrogen and oxygen atoms in total. The number of carbonyl (C=O) groups excluding carboxylic acids is 1. The SMILES string of the molecule is CCCc1cccc(C(=O)c2cnc(C)s2)c1. The standard InChI is InChI=1S/C14H15NOS/c1-3-5-11-6-4-7-12(8-11)14(16)13-9-15-10(2)17-13/h4,6-9H,3,5H2,1-2H3. The maximum absolute atomic E-state index is 12.2. The predicted octanol–water partition coefficient (Wildman–Crippen LogP) is 3.64. The minimum atomic E-state index is 0.0774. The van der Waals surface area contributed by atoms with Crippen LogP contribution in [0.2, 0.25) is 0 Å². The lowest BCUT2D eigenvalue weighted by atomic mass is 10.0. The number of carbonyl (C=O) groups is 1. The molecule has 3 heteroatoms. The van der Waals surface area contributed by atoms with E-state index in [4.69, 9.17) is 0 Å². The Balaban J connectivity index is 2.27. The van der Waals surface area contributed by atoms with Gasteiger partial charge in [0.05, 0.1) is 9.88 Å². The fourth-order valence-electron chi connectivity index (χ4n) is 1.77. The quantitative estimate of drug-likeness (QED) is 0.770. The molecule has 1 aromatic heterocycles. The fourth-order valence-corrected chi connectivity index (χ4v) is 2.50. The Morgan fingerprint density at radius 2 is 2.24 bits per heavy atom. The van der Waals surface area contributed by atoms with Crippen LogP contribution in [0.25, 0.3) is 0 Å². The molecule has 0 spiro atoms. The minimum absolute atomic E-state index is 0.0774. The van der Waals surface area contributed by atoms with Gasteiger partial charge in [0, 0.05) is 11.8 Å². The van der Waals surface area contributed by atoms with Crippen molar-refractivity contribution in [1.29, 1.82) is 0 Å². The van der Waals surface area contributed by atoms with Crippen molar-refractivity contribution >= 4 is 17.1 Å². The second-order valence-electron chi connectivity index (χ2n) is 4.02. The minimum Gasteiger partial charge on any atom is -0.288 e. The summed E-state index contributed by atoms with van der Waals surface area (Å²) < 4.78 is 0. The van der Waals surface area contributed by atoms with Gasteiger partial charge in [-0.05, 0) is 25.0 Å². The van der Waals surface area contributed by atoms with Crippen LogP contribution in [0.15, 0.2) is 30.5 Å². The van der Waals surface area contributed by atoms with Gasteiger partial charge in [-0.15, -0.1) is 11.3 Å². The zero-order chi connectivity index (χ0) is 12.3. The van der Waals surface area contributed by atoms with E-state index < -0.39 is 0 Å². The Morgan fingerprint density at radius 1 is 1.41 bits per heavy atom. The Bertz CT molecular complexity index is 531. The molecule has 0 amide bonds. The Morgan fingerprint density at radius 3 is 2.88 bits per heavy atom. The number of ketones is 1. The van der Waals surface area contributed by atoms with E-state index in [1.54, 1.807) is 6.20 Å². The molecule has 0 saturated heterocycles. The molecule has 0 aliphatic rings. The predicted molar refractivity (Wildman–Crippen MR) is 70.7 cm³/mol. The first-order chi connectivity index (χ1) is 8.20. The van der Waals surface area contributed by atoms with Crippen LogP contribution >= 0.6 is 11.3 Å². The summed E-state index contributed by atoms with van der Waals surface area (Å²) in [6.07, 6.45) is 3.77. The average Bonchev–Trinajstić information content (AvgIpc) is 2.76. The molecule has 0 N–H and O–H groups in total. The highest BCUT2D eigenvalue weighted by Gasteiger charge is 2.11. The van der Waals surface area contributed by atoms with Gasteiger partial charge in [-0.1, -0.05) is 31.5 Å². The molecule has 2 rings (SSSR count).